The Hall–Kier alpha value is -0.810. The molecule has 0 spiro atoms. The maximum absolute atomic E-state index is 5.84. The van der Waals surface area contributed by atoms with Crippen LogP contribution >= 0.6 is 22.9 Å². The highest BCUT2D eigenvalue weighted by molar-refractivity contribution is 7.10. The van der Waals surface area contributed by atoms with E-state index < -0.39 is 0 Å². The Balaban J connectivity index is 1.46. The number of ether oxygens (including phenoxy) is 1. The van der Waals surface area contributed by atoms with Crippen molar-refractivity contribution in [1.29, 1.82) is 0 Å². The minimum Gasteiger partial charge on any atom is -0.467 e. The Morgan fingerprint density at radius 2 is 2.39 bits per heavy atom. The molecule has 0 radical (unpaired) electrons. The first-order valence-electron chi connectivity index (χ1n) is 5.88. The molecule has 1 N–H and O–H groups in total. The molecule has 2 rings (SSSR count). The Labute approximate surface area is 116 Å². The SMILES string of the molecule is Clc1csc(CNCCCOCc2ccco2)c1. The lowest BCUT2D eigenvalue weighted by atomic mass is 10.4. The van der Waals surface area contributed by atoms with Crippen molar-refractivity contribution in [2.75, 3.05) is 13.2 Å². The lowest BCUT2D eigenvalue weighted by molar-refractivity contribution is 0.104. The highest BCUT2D eigenvalue weighted by atomic mass is 35.5. The summed E-state index contributed by atoms with van der Waals surface area (Å²) in [6, 6.07) is 5.78. The quantitative estimate of drug-likeness (QED) is 0.751. The van der Waals surface area contributed by atoms with Crippen LogP contribution in [0.5, 0.6) is 0 Å². The van der Waals surface area contributed by atoms with E-state index in [0.717, 1.165) is 36.9 Å². The molecule has 3 nitrogen and oxygen atoms in total. The summed E-state index contributed by atoms with van der Waals surface area (Å²) in [6.45, 7) is 3.09. The Bertz CT molecular complexity index is 442. The van der Waals surface area contributed by atoms with Gasteiger partial charge in [0, 0.05) is 23.4 Å². The summed E-state index contributed by atoms with van der Waals surface area (Å²) in [5.41, 5.74) is 0. The fourth-order valence-corrected chi connectivity index (χ4v) is 2.57. The van der Waals surface area contributed by atoms with E-state index in [2.05, 4.69) is 5.32 Å². The molecule has 0 saturated carbocycles. The average molecular weight is 286 g/mol. The topological polar surface area (TPSA) is 34.4 Å². The van der Waals surface area contributed by atoms with Crippen LogP contribution in [0.4, 0.5) is 0 Å². The van der Waals surface area contributed by atoms with Gasteiger partial charge in [0.15, 0.2) is 0 Å². The van der Waals surface area contributed by atoms with Crippen LogP contribution in [0.25, 0.3) is 0 Å². The van der Waals surface area contributed by atoms with Crippen molar-refractivity contribution in [2.24, 2.45) is 0 Å². The second kappa shape index (κ2) is 7.59. The zero-order chi connectivity index (χ0) is 12.6. The Morgan fingerprint density at radius 1 is 1.44 bits per heavy atom. The molecular formula is C13H16ClNO2S. The Morgan fingerprint density at radius 3 is 3.11 bits per heavy atom. The lowest BCUT2D eigenvalue weighted by Gasteiger charge is -2.04. The number of hydrogen-bond acceptors (Lipinski definition) is 4. The van der Waals surface area contributed by atoms with Crippen molar-refractivity contribution in [3.8, 4) is 0 Å². The predicted octanol–water partition coefficient (Wildman–Crippen LogP) is 3.69. The number of hydrogen-bond donors (Lipinski definition) is 1. The zero-order valence-electron chi connectivity index (χ0n) is 10.0. The van der Waals surface area contributed by atoms with Crippen LogP contribution in [0, 0.1) is 0 Å². The van der Waals surface area contributed by atoms with Crippen molar-refractivity contribution in [3.05, 3.63) is 45.5 Å². The number of halogens is 1. The highest BCUT2D eigenvalue weighted by Gasteiger charge is 1.98. The summed E-state index contributed by atoms with van der Waals surface area (Å²) in [7, 11) is 0. The molecule has 2 aromatic rings. The van der Waals surface area contributed by atoms with Gasteiger partial charge in [-0.05, 0) is 31.2 Å². The van der Waals surface area contributed by atoms with Gasteiger partial charge < -0.3 is 14.5 Å². The summed E-state index contributed by atoms with van der Waals surface area (Å²) in [4.78, 5) is 1.26. The third-order valence-corrected chi connectivity index (χ3v) is 3.67. The number of furan rings is 1. The fraction of sp³-hybridized carbons (Fsp3) is 0.385. The van der Waals surface area contributed by atoms with Gasteiger partial charge in [0.25, 0.3) is 0 Å². The molecule has 0 amide bonds. The molecule has 0 aliphatic carbocycles. The van der Waals surface area contributed by atoms with Gasteiger partial charge in [0.1, 0.15) is 12.4 Å². The van der Waals surface area contributed by atoms with E-state index in [0.29, 0.717) is 6.61 Å². The molecule has 18 heavy (non-hydrogen) atoms. The summed E-state index contributed by atoms with van der Waals surface area (Å²) in [5, 5.41) is 6.12. The number of nitrogens with one attached hydrogen (secondary N) is 1. The van der Waals surface area contributed by atoms with Gasteiger partial charge in [-0.2, -0.15) is 0 Å². The Kier molecular flexibility index (Phi) is 5.74. The maximum Gasteiger partial charge on any atom is 0.129 e. The van der Waals surface area contributed by atoms with Gasteiger partial charge in [-0.25, -0.2) is 0 Å². The summed E-state index contributed by atoms with van der Waals surface area (Å²) < 4.78 is 10.7. The van der Waals surface area contributed by atoms with Gasteiger partial charge in [0.2, 0.25) is 0 Å². The second-order valence-corrected chi connectivity index (χ2v) is 5.33. The molecule has 0 aliphatic rings. The summed E-state index contributed by atoms with van der Waals surface area (Å²) in [5.74, 6) is 0.871. The van der Waals surface area contributed by atoms with Gasteiger partial charge >= 0.3 is 0 Å². The third-order valence-electron chi connectivity index (χ3n) is 2.39. The zero-order valence-corrected chi connectivity index (χ0v) is 11.6. The van der Waals surface area contributed by atoms with Crippen molar-refractivity contribution in [2.45, 2.75) is 19.6 Å². The van der Waals surface area contributed by atoms with Gasteiger partial charge in [-0.1, -0.05) is 11.6 Å². The molecule has 98 valence electrons. The van der Waals surface area contributed by atoms with E-state index in [1.807, 2.05) is 23.6 Å². The first-order valence-corrected chi connectivity index (χ1v) is 7.14. The van der Waals surface area contributed by atoms with Crippen LogP contribution < -0.4 is 5.32 Å². The maximum atomic E-state index is 5.84. The minimum atomic E-state index is 0.549. The van der Waals surface area contributed by atoms with Gasteiger partial charge in [-0.15, -0.1) is 11.3 Å². The average Bonchev–Trinajstić information content (AvgIpc) is 3.00. The molecular weight excluding hydrogens is 270 g/mol. The van der Waals surface area contributed by atoms with Crippen molar-refractivity contribution < 1.29 is 9.15 Å². The molecule has 5 heteroatoms. The summed E-state index contributed by atoms with van der Waals surface area (Å²) in [6.07, 6.45) is 2.65. The van der Waals surface area contributed by atoms with Crippen LogP contribution in [-0.2, 0) is 17.9 Å². The fourth-order valence-electron chi connectivity index (χ4n) is 1.52. The standard InChI is InChI=1S/C13H16ClNO2S/c14-11-7-13(18-10-11)8-15-4-2-5-16-9-12-3-1-6-17-12/h1,3,6-7,10,15H,2,4-5,8-9H2. The van der Waals surface area contributed by atoms with Crippen molar-refractivity contribution in [3.63, 3.8) is 0 Å². The normalized spacial score (nSPS) is 10.9. The minimum absolute atomic E-state index is 0.549. The van der Waals surface area contributed by atoms with Crippen molar-refractivity contribution in [1.82, 2.24) is 5.32 Å². The van der Waals surface area contributed by atoms with E-state index in [9.17, 15) is 0 Å². The molecule has 0 aliphatic heterocycles. The molecule has 0 aromatic carbocycles. The highest BCUT2D eigenvalue weighted by Crippen LogP contribution is 2.18. The predicted molar refractivity (Wildman–Crippen MR) is 74.0 cm³/mol. The van der Waals surface area contributed by atoms with Gasteiger partial charge in [-0.3, -0.25) is 0 Å². The van der Waals surface area contributed by atoms with Crippen molar-refractivity contribution >= 4 is 22.9 Å². The van der Waals surface area contributed by atoms with E-state index >= 15 is 0 Å². The smallest absolute Gasteiger partial charge is 0.129 e. The first-order chi connectivity index (χ1) is 8.84. The molecule has 0 fully saturated rings. The van der Waals surface area contributed by atoms with E-state index in [1.54, 1.807) is 17.6 Å². The summed E-state index contributed by atoms with van der Waals surface area (Å²) >= 11 is 7.52. The van der Waals surface area contributed by atoms with Crippen LogP contribution in [0.2, 0.25) is 5.02 Å². The number of thiophene rings is 1. The molecule has 0 atom stereocenters. The van der Waals surface area contributed by atoms with Crippen LogP contribution in [0.3, 0.4) is 0 Å². The van der Waals surface area contributed by atoms with E-state index in [4.69, 9.17) is 20.8 Å². The first kappa shape index (κ1) is 13.6. The van der Waals surface area contributed by atoms with Crippen LogP contribution in [0.15, 0.2) is 34.3 Å². The number of rotatable bonds is 8. The molecule has 0 saturated heterocycles. The van der Waals surface area contributed by atoms with Crippen LogP contribution in [-0.4, -0.2) is 13.2 Å². The van der Waals surface area contributed by atoms with E-state index in [-0.39, 0.29) is 0 Å². The van der Waals surface area contributed by atoms with Gasteiger partial charge in [0.05, 0.1) is 11.3 Å². The molecule has 0 bridgehead atoms. The molecule has 2 heterocycles. The van der Waals surface area contributed by atoms with Crippen LogP contribution in [0.1, 0.15) is 17.1 Å². The second-order valence-electron chi connectivity index (χ2n) is 3.89. The largest absolute Gasteiger partial charge is 0.467 e. The monoisotopic (exact) mass is 285 g/mol. The molecule has 2 aromatic heterocycles. The lowest BCUT2D eigenvalue weighted by Crippen LogP contribution is -2.15. The third kappa shape index (κ3) is 4.82. The molecule has 0 unspecified atom stereocenters. The van der Waals surface area contributed by atoms with E-state index in [1.165, 1.54) is 4.88 Å².